The van der Waals surface area contributed by atoms with Crippen LogP contribution in [-0.4, -0.2) is 39.3 Å². The van der Waals surface area contributed by atoms with Gasteiger partial charge in [-0.2, -0.15) is 0 Å². The van der Waals surface area contributed by atoms with Crippen LogP contribution in [-0.2, 0) is 0 Å². The molecular formula is C26H24O7. The van der Waals surface area contributed by atoms with E-state index in [1.54, 1.807) is 64.8 Å². The molecule has 1 aliphatic rings. The van der Waals surface area contributed by atoms with Crippen LogP contribution in [0.3, 0.4) is 0 Å². The highest BCUT2D eigenvalue weighted by molar-refractivity contribution is 6.15. The average molecular weight is 448 g/mol. The number of Topliss-reactive ketones (excluding diaryl/α,β-unsaturated/α-hetero) is 1. The number of carbonyl (C=O) groups excluding carboxylic acids is 1. The van der Waals surface area contributed by atoms with Crippen LogP contribution in [0.4, 0.5) is 0 Å². The maximum absolute atomic E-state index is 13.5. The molecule has 0 fully saturated rings. The van der Waals surface area contributed by atoms with Crippen LogP contribution in [0.2, 0.25) is 0 Å². The van der Waals surface area contributed by atoms with E-state index in [4.69, 9.17) is 23.7 Å². The molecule has 3 aromatic rings. The van der Waals surface area contributed by atoms with Gasteiger partial charge in [0, 0.05) is 11.1 Å². The molecule has 0 radical (unpaired) electrons. The maximum atomic E-state index is 13.5. The monoisotopic (exact) mass is 448 g/mol. The molecular weight excluding hydrogens is 424 g/mol. The summed E-state index contributed by atoms with van der Waals surface area (Å²) < 4.78 is 27.7. The first kappa shape index (κ1) is 22.1. The highest BCUT2D eigenvalue weighted by Crippen LogP contribution is 2.42. The van der Waals surface area contributed by atoms with Crippen molar-refractivity contribution in [2.45, 2.75) is 6.10 Å². The van der Waals surface area contributed by atoms with Crippen LogP contribution in [0.1, 0.15) is 27.6 Å². The molecule has 3 aromatic carbocycles. The molecule has 0 saturated carbocycles. The Kier molecular flexibility index (Phi) is 6.13. The third kappa shape index (κ3) is 4.17. The number of benzene rings is 3. The first-order valence-electron chi connectivity index (χ1n) is 10.2. The van der Waals surface area contributed by atoms with Gasteiger partial charge in [0.05, 0.1) is 34.0 Å². The number of ether oxygens (including phenoxy) is 5. The summed E-state index contributed by atoms with van der Waals surface area (Å²) in [6.07, 6.45) is 1.04. The Hall–Kier alpha value is -4.13. The molecule has 1 unspecified atom stereocenters. The molecule has 1 N–H and O–H groups in total. The molecule has 7 heteroatoms. The molecule has 0 bridgehead atoms. The van der Waals surface area contributed by atoms with E-state index in [0.29, 0.717) is 45.4 Å². The number of hydrogen-bond donors (Lipinski definition) is 1. The molecule has 4 rings (SSSR count). The van der Waals surface area contributed by atoms with Crippen LogP contribution in [0.15, 0.2) is 60.2 Å². The zero-order valence-corrected chi connectivity index (χ0v) is 18.7. The van der Waals surface area contributed by atoms with Crippen LogP contribution in [0.25, 0.3) is 6.08 Å². The number of phenolic OH excluding ortho intramolecular Hbond substituents is 1. The lowest BCUT2D eigenvalue weighted by Crippen LogP contribution is -2.23. The number of aromatic hydroxyl groups is 1. The van der Waals surface area contributed by atoms with Gasteiger partial charge < -0.3 is 28.8 Å². The van der Waals surface area contributed by atoms with Gasteiger partial charge in [-0.1, -0.05) is 12.1 Å². The quantitative estimate of drug-likeness (QED) is 0.541. The van der Waals surface area contributed by atoms with Crippen molar-refractivity contribution >= 4 is 11.9 Å². The summed E-state index contributed by atoms with van der Waals surface area (Å²) in [5, 5.41) is 9.93. The standard InChI is InChI=1S/C26H24O7/c1-29-21-8-5-15(12-23(21)31-3)11-19-25(28)18-14-17(27)7-10-20(18)33-26(19)16-6-9-22(30-2)24(13-16)32-4/h5-14,26-27H,1-4H3/b19-11-. The topological polar surface area (TPSA) is 83.5 Å². The molecule has 1 aliphatic heterocycles. The molecule has 1 atom stereocenters. The molecule has 1 heterocycles. The van der Waals surface area contributed by atoms with Crippen LogP contribution < -0.4 is 23.7 Å². The summed E-state index contributed by atoms with van der Waals surface area (Å²) in [4.78, 5) is 13.5. The maximum Gasteiger partial charge on any atom is 0.196 e. The Balaban J connectivity index is 1.87. The highest BCUT2D eigenvalue weighted by Gasteiger charge is 2.34. The minimum atomic E-state index is -0.706. The minimum Gasteiger partial charge on any atom is -0.508 e. The summed E-state index contributed by atoms with van der Waals surface area (Å²) in [6, 6.07) is 15.2. The van der Waals surface area contributed by atoms with Gasteiger partial charge in [-0.3, -0.25) is 4.79 Å². The summed E-state index contributed by atoms with van der Waals surface area (Å²) in [5.41, 5.74) is 2.13. The van der Waals surface area contributed by atoms with E-state index in [-0.39, 0.29) is 11.5 Å². The van der Waals surface area contributed by atoms with E-state index >= 15 is 0 Å². The molecule has 170 valence electrons. The summed E-state index contributed by atoms with van der Waals surface area (Å²) in [7, 11) is 6.22. The largest absolute Gasteiger partial charge is 0.508 e. The van der Waals surface area contributed by atoms with Crippen molar-refractivity contribution < 1.29 is 33.6 Å². The fraction of sp³-hybridized carbons (Fsp3) is 0.192. The summed E-state index contributed by atoms with van der Waals surface area (Å²) >= 11 is 0. The molecule has 0 aromatic heterocycles. The highest BCUT2D eigenvalue weighted by atomic mass is 16.5. The number of carbonyl (C=O) groups is 1. The zero-order chi connectivity index (χ0) is 23.5. The van der Waals surface area contributed by atoms with E-state index in [9.17, 15) is 9.90 Å². The van der Waals surface area contributed by atoms with Crippen LogP contribution >= 0.6 is 0 Å². The first-order chi connectivity index (χ1) is 16.0. The first-order valence-corrected chi connectivity index (χ1v) is 10.2. The fourth-order valence-corrected chi connectivity index (χ4v) is 3.79. The second kappa shape index (κ2) is 9.16. The third-order valence-corrected chi connectivity index (χ3v) is 5.44. The second-order valence-corrected chi connectivity index (χ2v) is 7.34. The number of ketones is 1. The van der Waals surface area contributed by atoms with Crippen molar-refractivity contribution in [2.75, 3.05) is 28.4 Å². The van der Waals surface area contributed by atoms with Gasteiger partial charge in [0.25, 0.3) is 0 Å². The van der Waals surface area contributed by atoms with Crippen molar-refractivity contribution in [2.24, 2.45) is 0 Å². The average Bonchev–Trinajstić information content (AvgIpc) is 2.85. The number of phenols is 1. The van der Waals surface area contributed by atoms with Gasteiger partial charge >= 0.3 is 0 Å². The smallest absolute Gasteiger partial charge is 0.196 e. The number of fused-ring (bicyclic) bond motifs is 1. The molecule has 0 aliphatic carbocycles. The van der Waals surface area contributed by atoms with Crippen molar-refractivity contribution in [3.63, 3.8) is 0 Å². The number of methoxy groups -OCH3 is 4. The Bertz CT molecular complexity index is 1230. The van der Waals surface area contributed by atoms with Crippen molar-refractivity contribution in [3.05, 3.63) is 76.9 Å². The normalized spacial score (nSPS) is 16.1. The predicted molar refractivity (Wildman–Crippen MR) is 123 cm³/mol. The van der Waals surface area contributed by atoms with E-state index < -0.39 is 6.10 Å². The molecule has 0 spiro atoms. The van der Waals surface area contributed by atoms with Crippen molar-refractivity contribution in [3.8, 4) is 34.5 Å². The number of hydrogen-bond acceptors (Lipinski definition) is 7. The summed E-state index contributed by atoms with van der Waals surface area (Å²) in [6.45, 7) is 0. The Morgan fingerprint density at radius 2 is 1.42 bits per heavy atom. The molecule has 33 heavy (non-hydrogen) atoms. The van der Waals surface area contributed by atoms with Crippen LogP contribution in [0, 0.1) is 0 Å². The number of rotatable bonds is 6. The lowest BCUT2D eigenvalue weighted by atomic mass is 9.89. The van der Waals surface area contributed by atoms with Gasteiger partial charge in [0.15, 0.2) is 34.9 Å². The molecule has 0 saturated heterocycles. The SMILES string of the molecule is COc1ccc(/C=C2/C(=O)c3cc(O)ccc3OC2c2ccc(OC)c(OC)c2)cc1OC. The second-order valence-electron chi connectivity index (χ2n) is 7.34. The third-order valence-electron chi connectivity index (χ3n) is 5.44. The lowest BCUT2D eigenvalue weighted by Gasteiger charge is -2.28. The van der Waals surface area contributed by atoms with E-state index in [1.807, 2.05) is 12.1 Å². The molecule has 7 nitrogen and oxygen atoms in total. The Morgan fingerprint density at radius 1 is 0.788 bits per heavy atom. The Labute approximate surface area is 191 Å². The minimum absolute atomic E-state index is 0.0132. The van der Waals surface area contributed by atoms with E-state index in [2.05, 4.69) is 0 Å². The van der Waals surface area contributed by atoms with Gasteiger partial charge in [-0.05, 0) is 54.1 Å². The van der Waals surface area contributed by atoms with E-state index in [1.165, 1.54) is 12.1 Å². The zero-order valence-electron chi connectivity index (χ0n) is 18.7. The molecule has 0 amide bonds. The fourth-order valence-electron chi connectivity index (χ4n) is 3.79. The summed E-state index contributed by atoms with van der Waals surface area (Å²) in [5.74, 6) is 2.34. The van der Waals surface area contributed by atoms with Gasteiger partial charge in [0.1, 0.15) is 11.5 Å². The van der Waals surface area contributed by atoms with Gasteiger partial charge in [-0.15, -0.1) is 0 Å². The van der Waals surface area contributed by atoms with Gasteiger partial charge in [0.2, 0.25) is 0 Å². The van der Waals surface area contributed by atoms with Gasteiger partial charge in [-0.25, -0.2) is 0 Å². The van der Waals surface area contributed by atoms with Crippen molar-refractivity contribution in [1.82, 2.24) is 0 Å². The predicted octanol–water partition coefficient (Wildman–Crippen LogP) is 4.83. The van der Waals surface area contributed by atoms with Crippen LogP contribution in [0.5, 0.6) is 34.5 Å². The lowest BCUT2D eigenvalue weighted by molar-refractivity contribution is 0.0962. The Morgan fingerprint density at radius 3 is 2.09 bits per heavy atom. The van der Waals surface area contributed by atoms with E-state index in [0.717, 1.165) is 5.56 Å². The van der Waals surface area contributed by atoms with Crippen molar-refractivity contribution in [1.29, 1.82) is 0 Å².